The zero-order valence-electron chi connectivity index (χ0n) is 11.1. The summed E-state index contributed by atoms with van der Waals surface area (Å²) in [5.74, 6) is 0.772. The Morgan fingerprint density at radius 2 is 2.33 bits per heavy atom. The van der Waals surface area contributed by atoms with E-state index in [2.05, 4.69) is 24.4 Å². The molecular formula is C14H22N2OS. The molecule has 1 saturated carbocycles. The standard InChI is InChI=1S/C14H22N2OS/c1-10(8-12-4-3-7-18-12)16(2)14(17)9-13(15)11-5-6-11/h3-4,7,10-11,13H,5-6,8-9,15H2,1-2H3. The fourth-order valence-electron chi connectivity index (χ4n) is 2.14. The molecule has 100 valence electrons. The third kappa shape index (κ3) is 3.56. The maximum Gasteiger partial charge on any atom is 0.224 e. The highest BCUT2D eigenvalue weighted by molar-refractivity contribution is 7.09. The van der Waals surface area contributed by atoms with Gasteiger partial charge in [-0.2, -0.15) is 0 Å². The van der Waals surface area contributed by atoms with E-state index in [1.54, 1.807) is 11.3 Å². The topological polar surface area (TPSA) is 46.3 Å². The van der Waals surface area contributed by atoms with Gasteiger partial charge in [0.25, 0.3) is 0 Å². The van der Waals surface area contributed by atoms with Crippen LogP contribution in [0.4, 0.5) is 0 Å². The molecular weight excluding hydrogens is 244 g/mol. The summed E-state index contributed by atoms with van der Waals surface area (Å²) in [6, 6.07) is 4.48. The lowest BCUT2D eigenvalue weighted by atomic mass is 10.1. The van der Waals surface area contributed by atoms with Crippen molar-refractivity contribution >= 4 is 17.2 Å². The molecule has 0 spiro atoms. The van der Waals surface area contributed by atoms with Crippen LogP contribution >= 0.6 is 11.3 Å². The van der Waals surface area contributed by atoms with Gasteiger partial charge in [-0.15, -0.1) is 11.3 Å². The quantitative estimate of drug-likeness (QED) is 0.858. The predicted octanol–water partition coefficient (Wildman–Crippen LogP) is 2.26. The Morgan fingerprint density at radius 3 is 2.89 bits per heavy atom. The number of likely N-dealkylation sites (N-methyl/N-ethyl adjacent to an activating group) is 1. The lowest BCUT2D eigenvalue weighted by molar-refractivity contribution is -0.132. The Hall–Kier alpha value is -0.870. The maximum absolute atomic E-state index is 12.1. The second-order valence-corrected chi connectivity index (χ2v) is 6.37. The molecule has 18 heavy (non-hydrogen) atoms. The van der Waals surface area contributed by atoms with Crippen molar-refractivity contribution in [3.8, 4) is 0 Å². The molecule has 0 radical (unpaired) electrons. The Kier molecular flexibility index (Phi) is 4.40. The second kappa shape index (κ2) is 5.85. The van der Waals surface area contributed by atoms with Gasteiger partial charge in [0.05, 0.1) is 0 Å². The Balaban J connectivity index is 1.81. The van der Waals surface area contributed by atoms with E-state index in [9.17, 15) is 4.79 Å². The van der Waals surface area contributed by atoms with E-state index in [0.29, 0.717) is 12.3 Å². The van der Waals surface area contributed by atoms with Crippen molar-refractivity contribution in [2.24, 2.45) is 11.7 Å². The van der Waals surface area contributed by atoms with E-state index in [0.717, 1.165) is 6.42 Å². The van der Waals surface area contributed by atoms with Gasteiger partial charge >= 0.3 is 0 Å². The van der Waals surface area contributed by atoms with Crippen molar-refractivity contribution in [3.05, 3.63) is 22.4 Å². The fourth-order valence-corrected chi connectivity index (χ4v) is 2.97. The average molecular weight is 266 g/mol. The van der Waals surface area contributed by atoms with Gasteiger partial charge in [0.1, 0.15) is 0 Å². The van der Waals surface area contributed by atoms with Crippen LogP contribution in [0.2, 0.25) is 0 Å². The number of nitrogens with two attached hydrogens (primary N) is 1. The van der Waals surface area contributed by atoms with Crippen LogP contribution in [0.15, 0.2) is 17.5 Å². The number of carbonyl (C=O) groups excluding carboxylic acids is 1. The molecule has 0 bridgehead atoms. The zero-order valence-corrected chi connectivity index (χ0v) is 12.0. The van der Waals surface area contributed by atoms with Crippen LogP contribution in [0.3, 0.4) is 0 Å². The minimum atomic E-state index is 0.0638. The average Bonchev–Trinajstić information content (AvgIpc) is 3.08. The number of hydrogen-bond acceptors (Lipinski definition) is 3. The first kappa shape index (κ1) is 13.6. The lowest BCUT2D eigenvalue weighted by Crippen LogP contribution is -2.40. The number of thiophene rings is 1. The molecule has 0 saturated heterocycles. The first-order valence-corrected chi connectivity index (χ1v) is 7.49. The molecule has 0 aliphatic heterocycles. The monoisotopic (exact) mass is 266 g/mol. The number of nitrogens with zero attached hydrogens (tertiary/aromatic N) is 1. The largest absolute Gasteiger partial charge is 0.343 e. The lowest BCUT2D eigenvalue weighted by Gasteiger charge is -2.26. The maximum atomic E-state index is 12.1. The second-order valence-electron chi connectivity index (χ2n) is 5.34. The molecule has 2 unspecified atom stereocenters. The molecule has 0 aromatic carbocycles. The highest BCUT2D eigenvalue weighted by atomic mass is 32.1. The van der Waals surface area contributed by atoms with Crippen molar-refractivity contribution in [2.75, 3.05) is 7.05 Å². The SMILES string of the molecule is CC(Cc1cccs1)N(C)C(=O)CC(N)C1CC1. The Labute approximate surface area is 113 Å². The summed E-state index contributed by atoms with van der Waals surface area (Å²) < 4.78 is 0. The van der Waals surface area contributed by atoms with Gasteiger partial charge in [-0.25, -0.2) is 0 Å². The van der Waals surface area contributed by atoms with E-state index in [-0.39, 0.29) is 18.0 Å². The minimum Gasteiger partial charge on any atom is -0.343 e. The molecule has 2 N–H and O–H groups in total. The van der Waals surface area contributed by atoms with Crippen LogP contribution in [0.25, 0.3) is 0 Å². The van der Waals surface area contributed by atoms with Crippen LogP contribution in [0.1, 0.15) is 31.1 Å². The smallest absolute Gasteiger partial charge is 0.224 e. The van der Waals surface area contributed by atoms with E-state index >= 15 is 0 Å². The molecule has 1 fully saturated rings. The molecule has 1 aliphatic carbocycles. The first-order chi connectivity index (χ1) is 8.58. The van der Waals surface area contributed by atoms with Gasteiger partial charge in [0.2, 0.25) is 5.91 Å². The van der Waals surface area contributed by atoms with E-state index in [1.807, 2.05) is 11.9 Å². The van der Waals surface area contributed by atoms with Crippen molar-refractivity contribution in [1.82, 2.24) is 4.90 Å². The summed E-state index contributed by atoms with van der Waals surface area (Å²) in [7, 11) is 1.89. The summed E-state index contributed by atoms with van der Waals surface area (Å²) >= 11 is 1.75. The number of rotatable bonds is 6. The summed E-state index contributed by atoms with van der Waals surface area (Å²) in [4.78, 5) is 15.3. The highest BCUT2D eigenvalue weighted by Gasteiger charge is 2.31. The molecule has 1 aromatic heterocycles. The van der Waals surface area contributed by atoms with Crippen molar-refractivity contribution < 1.29 is 4.79 Å². The van der Waals surface area contributed by atoms with Gasteiger partial charge < -0.3 is 10.6 Å². The van der Waals surface area contributed by atoms with E-state index in [4.69, 9.17) is 5.73 Å². The van der Waals surface area contributed by atoms with Crippen molar-refractivity contribution in [1.29, 1.82) is 0 Å². The molecule has 2 atom stereocenters. The summed E-state index contributed by atoms with van der Waals surface area (Å²) in [6.07, 6.45) is 3.82. The third-order valence-corrected chi connectivity index (χ3v) is 4.67. The van der Waals surface area contributed by atoms with Crippen LogP contribution in [0.5, 0.6) is 0 Å². The number of hydrogen-bond donors (Lipinski definition) is 1. The van der Waals surface area contributed by atoms with Gasteiger partial charge in [-0.3, -0.25) is 4.79 Å². The number of carbonyl (C=O) groups is 1. The van der Waals surface area contributed by atoms with Gasteiger partial charge in [0.15, 0.2) is 0 Å². The Morgan fingerprint density at radius 1 is 1.61 bits per heavy atom. The van der Waals surface area contributed by atoms with Gasteiger partial charge in [0, 0.05) is 36.9 Å². The van der Waals surface area contributed by atoms with Crippen LogP contribution in [-0.2, 0) is 11.2 Å². The molecule has 3 nitrogen and oxygen atoms in total. The molecule has 2 rings (SSSR count). The van der Waals surface area contributed by atoms with Crippen LogP contribution in [-0.4, -0.2) is 29.9 Å². The number of amides is 1. The fraction of sp³-hybridized carbons (Fsp3) is 0.643. The molecule has 1 aromatic rings. The summed E-state index contributed by atoms with van der Waals surface area (Å²) in [5.41, 5.74) is 6.01. The zero-order chi connectivity index (χ0) is 13.1. The van der Waals surface area contributed by atoms with Crippen molar-refractivity contribution in [2.45, 2.75) is 44.7 Å². The van der Waals surface area contributed by atoms with Crippen LogP contribution in [0, 0.1) is 5.92 Å². The third-order valence-electron chi connectivity index (χ3n) is 3.77. The highest BCUT2D eigenvalue weighted by Crippen LogP contribution is 2.33. The van der Waals surface area contributed by atoms with Gasteiger partial charge in [-0.05, 0) is 37.1 Å². The first-order valence-electron chi connectivity index (χ1n) is 6.61. The molecule has 4 heteroatoms. The van der Waals surface area contributed by atoms with Crippen molar-refractivity contribution in [3.63, 3.8) is 0 Å². The predicted molar refractivity (Wildman–Crippen MR) is 75.6 cm³/mol. The molecule has 1 aliphatic rings. The summed E-state index contributed by atoms with van der Waals surface area (Å²) in [6.45, 7) is 2.10. The normalized spacial score (nSPS) is 18.4. The van der Waals surface area contributed by atoms with Crippen LogP contribution < -0.4 is 5.73 Å². The summed E-state index contributed by atoms with van der Waals surface area (Å²) in [5, 5.41) is 2.08. The van der Waals surface area contributed by atoms with Gasteiger partial charge in [-0.1, -0.05) is 6.07 Å². The minimum absolute atomic E-state index is 0.0638. The van der Waals surface area contributed by atoms with E-state index < -0.39 is 0 Å². The Bertz CT molecular complexity index is 387. The molecule has 1 heterocycles. The molecule has 1 amide bonds. The van der Waals surface area contributed by atoms with E-state index in [1.165, 1.54) is 17.7 Å².